The first-order chi connectivity index (χ1) is 17.0. The standard InChI is InChI=1S/C26H33FN4O5/c1-13(2)29-23(34)11-18(33)10-17(32)7-8-28-26(36)24-14(3)22(30-15(24)4)12-20-19-9-16(27)5-6-21(19)31-25(20)35/h5-6,9,12-13,17-18,30,32-33H,7-8,10-11H2,1-4H3,(H,28,36)(H,29,34)(H,31,35)/b20-12-. The molecule has 1 aromatic carbocycles. The minimum atomic E-state index is -0.981. The summed E-state index contributed by atoms with van der Waals surface area (Å²) in [5.74, 6) is -1.45. The van der Waals surface area contributed by atoms with Crippen molar-refractivity contribution in [3.63, 3.8) is 0 Å². The third-order valence-electron chi connectivity index (χ3n) is 5.93. The molecule has 0 aliphatic carbocycles. The van der Waals surface area contributed by atoms with Crippen molar-refractivity contribution in [1.82, 2.24) is 15.6 Å². The van der Waals surface area contributed by atoms with Gasteiger partial charge in [-0.15, -0.1) is 0 Å². The van der Waals surface area contributed by atoms with Crippen molar-refractivity contribution in [2.75, 3.05) is 11.9 Å². The maximum absolute atomic E-state index is 13.7. The number of aliphatic hydroxyl groups excluding tert-OH is 2. The van der Waals surface area contributed by atoms with Gasteiger partial charge in [-0.3, -0.25) is 14.4 Å². The first-order valence-electron chi connectivity index (χ1n) is 11.9. The van der Waals surface area contributed by atoms with E-state index in [0.29, 0.717) is 39.3 Å². The first-order valence-corrected chi connectivity index (χ1v) is 11.9. The molecule has 1 aromatic heterocycles. The lowest BCUT2D eigenvalue weighted by atomic mass is 10.0. The quantitative estimate of drug-likeness (QED) is 0.278. The Morgan fingerprint density at radius 3 is 2.58 bits per heavy atom. The van der Waals surface area contributed by atoms with E-state index in [1.54, 1.807) is 19.9 Å². The Balaban J connectivity index is 1.60. The zero-order valence-electron chi connectivity index (χ0n) is 20.9. The predicted octanol–water partition coefficient (Wildman–Crippen LogP) is 2.41. The van der Waals surface area contributed by atoms with Gasteiger partial charge in [-0.1, -0.05) is 0 Å². The average molecular weight is 501 g/mol. The molecule has 6 N–H and O–H groups in total. The summed E-state index contributed by atoms with van der Waals surface area (Å²) in [5.41, 5.74) is 3.47. The number of aryl methyl sites for hydroxylation is 1. The summed E-state index contributed by atoms with van der Waals surface area (Å²) in [6.07, 6.45) is -0.146. The highest BCUT2D eigenvalue weighted by Gasteiger charge is 2.26. The van der Waals surface area contributed by atoms with Gasteiger partial charge in [0.15, 0.2) is 0 Å². The number of amides is 3. The molecule has 0 radical (unpaired) electrons. The number of H-pyrrole nitrogens is 1. The van der Waals surface area contributed by atoms with Crippen LogP contribution in [-0.2, 0) is 9.59 Å². The van der Waals surface area contributed by atoms with E-state index < -0.39 is 18.0 Å². The maximum Gasteiger partial charge on any atom is 0.256 e. The largest absolute Gasteiger partial charge is 0.393 e. The van der Waals surface area contributed by atoms with Crippen molar-refractivity contribution < 1.29 is 29.0 Å². The van der Waals surface area contributed by atoms with Crippen LogP contribution < -0.4 is 16.0 Å². The summed E-state index contributed by atoms with van der Waals surface area (Å²) in [6.45, 7) is 7.29. The molecule has 9 nitrogen and oxygen atoms in total. The number of benzene rings is 1. The Hall–Kier alpha value is -3.50. The second-order valence-corrected chi connectivity index (χ2v) is 9.38. The van der Waals surface area contributed by atoms with E-state index in [-0.39, 0.29) is 49.6 Å². The Bertz CT molecular complexity index is 1190. The summed E-state index contributed by atoms with van der Waals surface area (Å²) < 4.78 is 13.7. The molecule has 3 amide bonds. The Morgan fingerprint density at radius 2 is 1.89 bits per heavy atom. The molecular weight excluding hydrogens is 467 g/mol. The fourth-order valence-electron chi connectivity index (χ4n) is 4.26. The predicted molar refractivity (Wildman–Crippen MR) is 135 cm³/mol. The number of halogens is 1. The second-order valence-electron chi connectivity index (χ2n) is 9.38. The van der Waals surface area contributed by atoms with Crippen LogP contribution in [0.15, 0.2) is 18.2 Å². The van der Waals surface area contributed by atoms with Crippen LogP contribution in [0.25, 0.3) is 11.6 Å². The topological polar surface area (TPSA) is 144 Å². The Labute approximate surface area is 209 Å². The van der Waals surface area contributed by atoms with Crippen molar-refractivity contribution in [1.29, 1.82) is 0 Å². The lowest BCUT2D eigenvalue weighted by Gasteiger charge is -2.16. The Morgan fingerprint density at radius 1 is 1.17 bits per heavy atom. The molecule has 2 unspecified atom stereocenters. The number of hydrogen-bond acceptors (Lipinski definition) is 5. The van der Waals surface area contributed by atoms with E-state index in [9.17, 15) is 29.0 Å². The highest BCUT2D eigenvalue weighted by molar-refractivity contribution is 6.34. The maximum atomic E-state index is 13.7. The molecule has 0 spiro atoms. The number of fused-ring (bicyclic) bond motifs is 1. The number of aromatic amines is 1. The van der Waals surface area contributed by atoms with Gasteiger partial charge >= 0.3 is 0 Å². The smallest absolute Gasteiger partial charge is 0.256 e. The van der Waals surface area contributed by atoms with Crippen LogP contribution in [0, 0.1) is 19.7 Å². The van der Waals surface area contributed by atoms with Gasteiger partial charge in [-0.05, 0) is 70.4 Å². The molecular formula is C26H33FN4O5. The molecule has 0 saturated carbocycles. The van der Waals surface area contributed by atoms with E-state index in [2.05, 4.69) is 20.9 Å². The SMILES string of the molecule is Cc1[nH]c(/C=C2\C(=O)Nc3ccc(F)cc32)c(C)c1C(=O)NCCC(O)CC(O)CC(=O)NC(C)C. The lowest BCUT2D eigenvalue weighted by molar-refractivity contribution is -0.123. The fraction of sp³-hybridized carbons (Fsp3) is 0.423. The van der Waals surface area contributed by atoms with Crippen LogP contribution in [0.5, 0.6) is 0 Å². The third kappa shape index (κ3) is 6.58. The molecule has 1 aliphatic heterocycles. The molecule has 2 heterocycles. The molecule has 2 aromatic rings. The summed E-state index contributed by atoms with van der Waals surface area (Å²) in [4.78, 5) is 40.1. The molecule has 2 atom stereocenters. The van der Waals surface area contributed by atoms with Gasteiger partial charge < -0.3 is 31.1 Å². The van der Waals surface area contributed by atoms with Crippen molar-refractivity contribution in [3.8, 4) is 0 Å². The number of rotatable bonds is 10. The van der Waals surface area contributed by atoms with E-state index in [1.165, 1.54) is 18.2 Å². The summed E-state index contributed by atoms with van der Waals surface area (Å²) in [5, 5.41) is 28.3. The number of aromatic nitrogens is 1. The molecule has 0 bridgehead atoms. The number of aliphatic hydroxyl groups is 2. The van der Waals surface area contributed by atoms with Gasteiger partial charge in [0.05, 0.1) is 29.8 Å². The zero-order valence-corrected chi connectivity index (χ0v) is 20.9. The van der Waals surface area contributed by atoms with Gasteiger partial charge in [0.1, 0.15) is 5.82 Å². The summed E-state index contributed by atoms with van der Waals surface area (Å²) in [6, 6.07) is 4.03. The van der Waals surface area contributed by atoms with Crippen molar-refractivity contribution in [2.24, 2.45) is 0 Å². The third-order valence-corrected chi connectivity index (χ3v) is 5.93. The molecule has 3 rings (SSSR count). The van der Waals surface area contributed by atoms with Gasteiger partial charge in [-0.2, -0.15) is 0 Å². The van der Waals surface area contributed by atoms with Crippen LogP contribution >= 0.6 is 0 Å². The number of carbonyl (C=O) groups excluding carboxylic acids is 3. The normalized spacial score (nSPS) is 15.6. The summed E-state index contributed by atoms with van der Waals surface area (Å²) >= 11 is 0. The lowest BCUT2D eigenvalue weighted by Crippen LogP contribution is -2.34. The highest BCUT2D eigenvalue weighted by atomic mass is 19.1. The number of carbonyl (C=O) groups is 3. The van der Waals surface area contributed by atoms with Crippen LogP contribution in [-0.4, -0.2) is 57.7 Å². The van der Waals surface area contributed by atoms with Crippen LogP contribution in [0.4, 0.5) is 10.1 Å². The van der Waals surface area contributed by atoms with Crippen molar-refractivity contribution >= 4 is 35.1 Å². The molecule has 1 aliphatic rings. The number of hydrogen-bond donors (Lipinski definition) is 6. The minimum Gasteiger partial charge on any atom is -0.393 e. The van der Waals surface area contributed by atoms with Crippen molar-refractivity contribution in [3.05, 3.63) is 52.1 Å². The first kappa shape index (κ1) is 27.1. The average Bonchev–Trinajstić information content (AvgIpc) is 3.22. The van der Waals surface area contributed by atoms with Gasteiger partial charge in [0.2, 0.25) is 5.91 Å². The second kappa shape index (κ2) is 11.5. The molecule has 0 saturated heterocycles. The van der Waals surface area contributed by atoms with Crippen LogP contribution in [0.2, 0.25) is 0 Å². The highest BCUT2D eigenvalue weighted by Crippen LogP contribution is 2.34. The summed E-state index contributed by atoms with van der Waals surface area (Å²) in [7, 11) is 0. The molecule has 36 heavy (non-hydrogen) atoms. The van der Waals surface area contributed by atoms with Crippen molar-refractivity contribution in [2.45, 2.75) is 65.2 Å². The van der Waals surface area contributed by atoms with Crippen LogP contribution in [0.1, 0.15) is 66.0 Å². The van der Waals surface area contributed by atoms with E-state index in [1.807, 2.05) is 13.8 Å². The number of nitrogens with one attached hydrogen (secondary N) is 4. The fourth-order valence-corrected chi connectivity index (χ4v) is 4.26. The zero-order chi connectivity index (χ0) is 26.6. The Kier molecular flexibility index (Phi) is 8.65. The monoisotopic (exact) mass is 500 g/mol. The van der Waals surface area contributed by atoms with E-state index >= 15 is 0 Å². The minimum absolute atomic E-state index is 0.0193. The van der Waals surface area contributed by atoms with E-state index in [0.717, 1.165) is 0 Å². The van der Waals surface area contributed by atoms with E-state index in [4.69, 9.17) is 0 Å². The van der Waals surface area contributed by atoms with Gasteiger partial charge in [0.25, 0.3) is 11.8 Å². The van der Waals surface area contributed by atoms with Gasteiger partial charge in [-0.25, -0.2) is 4.39 Å². The number of anilines is 1. The molecule has 194 valence electrons. The van der Waals surface area contributed by atoms with Crippen LogP contribution in [0.3, 0.4) is 0 Å². The molecule has 0 fully saturated rings. The van der Waals surface area contributed by atoms with Gasteiger partial charge in [0, 0.05) is 35.2 Å². The molecule has 10 heteroatoms.